The molecule has 2 saturated heterocycles. The molecule has 0 spiro atoms. The van der Waals surface area contributed by atoms with Gasteiger partial charge >= 0.3 is 6.09 Å². The van der Waals surface area contributed by atoms with Gasteiger partial charge in [-0.1, -0.05) is 6.92 Å². The van der Waals surface area contributed by atoms with Gasteiger partial charge in [0.15, 0.2) is 0 Å². The van der Waals surface area contributed by atoms with E-state index in [1.807, 2.05) is 25.7 Å². The Bertz CT molecular complexity index is 448. The van der Waals surface area contributed by atoms with Gasteiger partial charge in [0.05, 0.1) is 5.54 Å². The van der Waals surface area contributed by atoms with E-state index in [2.05, 4.69) is 37.6 Å². The highest BCUT2D eigenvalue weighted by Gasteiger charge is 2.41. The summed E-state index contributed by atoms with van der Waals surface area (Å²) >= 11 is 0. The van der Waals surface area contributed by atoms with Crippen LogP contribution in [0, 0.1) is 5.41 Å². The van der Waals surface area contributed by atoms with E-state index in [0.29, 0.717) is 5.41 Å². The molecule has 2 heterocycles. The van der Waals surface area contributed by atoms with E-state index in [-0.39, 0.29) is 11.6 Å². The van der Waals surface area contributed by atoms with Crippen LogP contribution in [0.5, 0.6) is 0 Å². The van der Waals surface area contributed by atoms with Gasteiger partial charge in [0.1, 0.15) is 5.60 Å². The number of amides is 1. The number of carbonyl (C=O) groups is 1. The Morgan fingerprint density at radius 3 is 2.12 bits per heavy atom. The molecular formula is C19H37N3O2. The molecular weight excluding hydrogens is 302 g/mol. The van der Waals surface area contributed by atoms with Crippen molar-refractivity contribution in [2.45, 2.75) is 65.5 Å². The molecule has 0 saturated carbocycles. The van der Waals surface area contributed by atoms with E-state index in [1.165, 1.54) is 25.9 Å². The first-order valence-corrected chi connectivity index (χ1v) is 9.32. The van der Waals surface area contributed by atoms with Crippen LogP contribution < -0.4 is 0 Å². The molecule has 2 aliphatic heterocycles. The molecule has 0 radical (unpaired) electrons. The van der Waals surface area contributed by atoms with E-state index < -0.39 is 5.60 Å². The van der Waals surface area contributed by atoms with Crippen molar-refractivity contribution in [3.05, 3.63) is 0 Å². The van der Waals surface area contributed by atoms with Gasteiger partial charge in [0.2, 0.25) is 0 Å². The minimum atomic E-state index is -0.439. The topological polar surface area (TPSA) is 36.0 Å². The van der Waals surface area contributed by atoms with E-state index in [9.17, 15) is 4.79 Å². The summed E-state index contributed by atoms with van der Waals surface area (Å²) in [7, 11) is 2.21. The number of ether oxygens (including phenoxy) is 1. The molecule has 0 aromatic rings. The van der Waals surface area contributed by atoms with Crippen molar-refractivity contribution in [2.75, 3.05) is 46.3 Å². The second-order valence-corrected chi connectivity index (χ2v) is 9.77. The van der Waals surface area contributed by atoms with Crippen molar-refractivity contribution in [1.29, 1.82) is 0 Å². The van der Waals surface area contributed by atoms with Gasteiger partial charge in [-0.3, -0.25) is 4.90 Å². The highest BCUT2D eigenvalue weighted by atomic mass is 16.6. The zero-order valence-corrected chi connectivity index (χ0v) is 16.8. The predicted molar refractivity (Wildman–Crippen MR) is 98.3 cm³/mol. The Kier molecular flexibility index (Phi) is 5.55. The first kappa shape index (κ1) is 19.5. The first-order valence-electron chi connectivity index (χ1n) is 9.32. The Balaban J connectivity index is 1.94. The van der Waals surface area contributed by atoms with Gasteiger partial charge in [0.25, 0.3) is 0 Å². The second kappa shape index (κ2) is 6.83. The van der Waals surface area contributed by atoms with E-state index in [4.69, 9.17) is 4.74 Å². The average Bonchev–Trinajstić information content (AvgIpc) is 2.39. The molecule has 0 unspecified atom stereocenters. The lowest BCUT2D eigenvalue weighted by atomic mass is 9.79. The molecule has 0 atom stereocenters. The van der Waals surface area contributed by atoms with E-state index in [1.54, 1.807) is 0 Å². The number of carbonyl (C=O) groups excluding carboxylic acids is 1. The molecule has 24 heavy (non-hydrogen) atoms. The standard InChI is InChI=1S/C19H37N3O2/c1-17(2,3)24-16(23)22-13-12-21(14-18(22,4)5)15-19(6)8-10-20(7)11-9-19/h8-15H2,1-7H3. The average molecular weight is 340 g/mol. The number of hydrogen-bond acceptors (Lipinski definition) is 4. The van der Waals surface area contributed by atoms with Crippen LogP contribution in [0.3, 0.4) is 0 Å². The van der Waals surface area contributed by atoms with Crippen LogP contribution in [-0.4, -0.2) is 78.2 Å². The quantitative estimate of drug-likeness (QED) is 0.775. The third-order valence-corrected chi connectivity index (χ3v) is 5.39. The maximum absolute atomic E-state index is 12.5. The molecule has 0 aromatic carbocycles. The van der Waals surface area contributed by atoms with Crippen molar-refractivity contribution >= 4 is 6.09 Å². The predicted octanol–water partition coefficient (Wildman–Crippen LogP) is 3.05. The lowest BCUT2D eigenvalue weighted by Gasteiger charge is -2.50. The molecule has 2 fully saturated rings. The summed E-state index contributed by atoms with van der Waals surface area (Å²) in [5, 5.41) is 0. The Morgan fingerprint density at radius 1 is 1.04 bits per heavy atom. The van der Waals surface area contributed by atoms with Crippen LogP contribution in [0.2, 0.25) is 0 Å². The summed E-state index contributed by atoms with van der Waals surface area (Å²) in [5.41, 5.74) is -0.231. The minimum Gasteiger partial charge on any atom is -0.444 e. The SMILES string of the molecule is CN1CCC(C)(CN2CCN(C(=O)OC(C)(C)C)C(C)(C)C2)CC1. The monoisotopic (exact) mass is 339 g/mol. The number of piperazine rings is 1. The summed E-state index contributed by atoms with van der Waals surface area (Å²) in [5.74, 6) is 0. The van der Waals surface area contributed by atoms with Crippen molar-refractivity contribution < 1.29 is 9.53 Å². The summed E-state index contributed by atoms with van der Waals surface area (Å²) in [4.78, 5) is 19.4. The van der Waals surface area contributed by atoms with E-state index >= 15 is 0 Å². The Labute approximate surface area is 148 Å². The fourth-order valence-corrected chi connectivity index (χ4v) is 3.90. The van der Waals surface area contributed by atoms with Gasteiger partial charge in [-0.25, -0.2) is 4.79 Å². The number of hydrogen-bond donors (Lipinski definition) is 0. The maximum atomic E-state index is 12.5. The van der Waals surface area contributed by atoms with Crippen molar-refractivity contribution in [2.24, 2.45) is 5.41 Å². The van der Waals surface area contributed by atoms with Gasteiger partial charge in [-0.15, -0.1) is 0 Å². The molecule has 0 N–H and O–H groups in total. The summed E-state index contributed by atoms with van der Waals surface area (Å²) in [6.07, 6.45) is 2.34. The first-order chi connectivity index (χ1) is 10.9. The number of piperidine rings is 1. The molecule has 0 bridgehead atoms. The third-order valence-electron chi connectivity index (χ3n) is 5.39. The fourth-order valence-electron chi connectivity index (χ4n) is 3.90. The van der Waals surface area contributed by atoms with Crippen LogP contribution in [0.15, 0.2) is 0 Å². The van der Waals surface area contributed by atoms with Crippen LogP contribution in [0.1, 0.15) is 54.4 Å². The number of nitrogens with zero attached hydrogens (tertiary/aromatic N) is 3. The molecule has 2 aliphatic rings. The van der Waals surface area contributed by atoms with Gasteiger partial charge in [-0.05, 0) is 73.0 Å². The summed E-state index contributed by atoms with van der Waals surface area (Å²) < 4.78 is 5.59. The highest BCUT2D eigenvalue weighted by molar-refractivity contribution is 5.69. The molecule has 2 rings (SSSR count). The third kappa shape index (κ3) is 5.09. The van der Waals surface area contributed by atoms with Crippen molar-refractivity contribution in [3.8, 4) is 0 Å². The normalized spacial score (nSPS) is 25.5. The van der Waals surface area contributed by atoms with Crippen LogP contribution in [-0.2, 0) is 4.74 Å². The van der Waals surface area contributed by atoms with E-state index in [0.717, 1.165) is 26.2 Å². The summed E-state index contributed by atoms with van der Waals surface area (Å²) in [6.45, 7) is 18.6. The van der Waals surface area contributed by atoms with Crippen LogP contribution in [0.25, 0.3) is 0 Å². The largest absolute Gasteiger partial charge is 0.444 e. The number of likely N-dealkylation sites (tertiary alicyclic amines) is 1. The maximum Gasteiger partial charge on any atom is 0.410 e. The smallest absolute Gasteiger partial charge is 0.410 e. The van der Waals surface area contributed by atoms with Gasteiger partial charge < -0.3 is 14.5 Å². The van der Waals surface area contributed by atoms with Crippen LogP contribution >= 0.6 is 0 Å². The zero-order valence-electron chi connectivity index (χ0n) is 16.8. The fraction of sp³-hybridized carbons (Fsp3) is 0.947. The Hall–Kier alpha value is -0.810. The molecule has 1 amide bonds. The lowest BCUT2D eigenvalue weighted by molar-refractivity contribution is -0.0328. The Morgan fingerprint density at radius 2 is 1.62 bits per heavy atom. The lowest BCUT2D eigenvalue weighted by Crippen LogP contribution is -2.62. The van der Waals surface area contributed by atoms with Crippen molar-refractivity contribution in [1.82, 2.24) is 14.7 Å². The van der Waals surface area contributed by atoms with Crippen molar-refractivity contribution in [3.63, 3.8) is 0 Å². The molecule has 0 aromatic heterocycles. The second-order valence-electron chi connectivity index (χ2n) is 9.77. The highest BCUT2D eigenvalue weighted by Crippen LogP contribution is 2.33. The molecule has 5 heteroatoms. The zero-order chi connectivity index (χ0) is 18.2. The molecule has 140 valence electrons. The minimum absolute atomic E-state index is 0.183. The van der Waals surface area contributed by atoms with Crippen LogP contribution in [0.4, 0.5) is 4.79 Å². The van der Waals surface area contributed by atoms with Gasteiger partial charge in [0, 0.05) is 26.2 Å². The summed E-state index contributed by atoms with van der Waals surface area (Å²) in [6, 6.07) is 0. The molecule has 0 aliphatic carbocycles. The number of rotatable bonds is 2. The van der Waals surface area contributed by atoms with Gasteiger partial charge in [-0.2, -0.15) is 0 Å². The molecule has 5 nitrogen and oxygen atoms in total.